The number of nitrogens with zero attached hydrogens (tertiary/aromatic N) is 2. The minimum atomic E-state index is -0.877. The number of aromatic nitrogens is 2. The predicted octanol–water partition coefficient (Wildman–Crippen LogP) is 1.28. The summed E-state index contributed by atoms with van der Waals surface area (Å²) in [5.41, 5.74) is 1.92. The van der Waals surface area contributed by atoms with Crippen LogP contribution >= 0.6 is 0 Å². The van der Waals surface area contributed by atoms with E-state index in [1.54, 1.807) is 4.68 Å². The molecule has 0 fully saturated rings. The van der Waals surface area contributed by atoms with Crippen LogP contribution in [0.1, 0.15) is 37.9 Å². The first-order chi connectivity index (χ1) is 9.97. The van der Waals surface area contributed by atoms with E-state index < -0.39 is 11.9 Å². The minimum Gasteiger partial charge on any atom is -0.481 e. The van der Waals surface area contributed by atoms with Crippen LogP contribution in [0.15, 0.2) is 6.20 Å². The fraction of sp³-hybridized carbons (Fsp3) is 0.643. The van der Waals surface area contributed by atoms with E-state index in [9.17, 15) is 9.59 Å². The normalized spacial score (nSPS) is 12.0. The maximum absolute atomic E-state index is 11.7. The first-order valence-corrected chi connectivity index (χ1v) is 7.23. The van der Waals surface area contributed by atoms with Crippen LogP contribution in [0, 0.1) is 5.92 Å². The zero-order valence-corrected chi connectivity index (χ0v) is 12.8. The number of hydrogen-bond donors (Lipinski definition) is 3. The monoisotopic (exact) mass is 296 g/mol. The van der Waals surface area contributed by atoms with Gasteiger partial charge < -0.3 is 15.7 Å². The Morgan fingerprint density at radius 3 is 2.67 bits per heavy atom. The molecule has 7 heteroatoms. The van der Waals surface area contributed by atoms with E-state index in [1.165, 1.54) is 0 Å². The number of carboxylic acid groups (broad SMARTS) is 1. The van der Waals surface area contributed by atoms with Gasteiger partial charge >= 0.3 is 12.0 Å². The molecule has 2 amide bonds. The summed E-state index contributed by atoms with van der Waals surface area (Å²) in [5.74, 6) is -1.41. The second kappa shape index (κ2) is 8.28. The molecule has 118 valence electrons. The number of carboxylic acids is 1. The number of urea groups is 1. The van der Waals surface area contributed by atoms with Crippen molar-refractivity contribution in [2.45, 2.75) is 39.7 Å². The third-order valence-electron chi connectivity index (χ3n) is 3.26. The Labute approximate surface area is 124 Å². The summed E-state index contributed by atoms with van der Waals surface area (Å²) < 4.78 is 1.72. The average Bonchev–Trinajstić information content (AvgIpc) is 2.81. The molecule has 7 nitrogen and oxygen atoms in total. The van der Waals surface area contributed by atoms with Gasteiger partial charge in [-0.05, 0) is 12.8 Å². The van der Waals surface area contributed by atoms with Gasteiger partial charge in [0.25, 0.3) is 0 Å². The Kier molecular flexibility index (Phi) is 6.71. The van der Waals surface area contributed by atoms with Gasteiger partial charge in [0, 0.05) is 31.9 Å². The molecule has 1 aromatic heterocycles. The van der Waals surface area contributed by atoms with Gasteiger partial charge in [-0.1, -0.05) is 20.3 Å². The van der Waals surface area contributed by atoms with Crippen LogP contribution in [0.4, 0.5) is 4.79 Å². The van der Waals surface area contributed by atoms with Gasteiger partial charge in [0.2, 0.25) is 0 Å². The van der Waals surface area contributed by atoms with E-state index in [4.69, 9.17) is 5.11 Å². The molecule has 21 heavy (non-hydrogen) atoms. The van der Waals surface area contributed by atoms with Crippen molar-refractivity contribution in [3.63, 3.8) is 0 Å². The van der Waals surface area contributed by atoms with Crippen LogP contribution < -0.4 is 10.6 Å². The third-order valence-corrected chi connectivity index (χ3v) is 3.26. The highest BCUT2D eigenvalue weighted by atomic mass is 16.4. The summed E-state index contributed by atoms with van der Waals surface area (Å²) in [7, 11) is 1.84. The first kappa shape index (κ1) is 17.0. The fourth-order valence-electron chi connectivity index (χ4n) is 2.14. The topological polar surface area (TPSA) is 96.3 Å². The number of nitrogens with one attached hydrogen (secondary N) is 2. The molecule has 1 atom stereocenters. The van der Waals surface area contributed by atoms with Crippen LogP contribution in [-0.4, -0.2) is 33.4 Å². The molecule has 0 spiro atoms. The molecular formula is C14H24N4O3. The number of carbonyl (C=O) groups is 2. The Morgan fingerprint density at radius 2 is 2.10 bits per heavy atom. The highest BCUT2D eigenvalue weighted by molar-refractivity contribution is 5.75. The number of aliphatic carboxylic acids is 1. The van der Waals surface area contributed by atoms with Crippen molar-refractivity contribution in [1.29, 1.82) is 0 Å². The molecule has 1 aromatic rings. The van der Waals surface area contributed by atoms with Crippen molar-refractivity contribution in [2.24, 2.45) is 13.0 Å². The Hall–Kier alpha value is -2.05. The Balaban J connectivity index is 2.41. The number of amides is 2. The van der Waals surface area contributed by atoms with E-state index in [2.05, 4.69) is 15.7 Å². The van der Waals surface area contributed by atoms with Crippen molar-refractivity contribution < 1.29 is 14.7 Å². The van der Waals surface area contributed by atoms with Crippen LogP contribution in [0.5, 0.6) is 0 Å². The maximum Gasteiger partial charge on any atom is 0.315 e. The standard InChI is InChI=1S/C14H24N4O3/c1-4-6-10(13(19)20)7-15-14(21)16-8-11-9-18(3)17-12(11)5-2/h9-10H,4-8H2,1-3H3,(H,19,20)(H2,15,16,21). The number of hydrogen-bond acceptors (Lipinski definition) is 3. The summed E-state index contributed by atoms with van der Waals surface area (Å²) >= 11 is 0. The van der Waals surface area contributed by atoms with Crippen molar-refractivity contribution in [1.82, 2.24) is 20.4 Å². The molecule has 1 unspecified atom stereocenters. The molecule has 0 aromatic carbocycles. The highest BCUT2D eigenvalue weighted by Crippen LogP contribution is 2.07. The smallest absolute Gasteiger partial charge is 0.315 e. The van der Waals surface area contributed by atoms with E-state index in [-0.39, 0.29) is 12.6 Å². The quantitative estimate of drug-likeness (QED) is 0.673. The van der Waals surface area contributed by atoms with Gasteiger partial charge in [-0.15, -0.1) is 0 Å². The number of aryl methyl sites for hydroxylation is 2. The van der Waals surface area contributed by atoms with Crippen LogP contribution in [0.3, 0.4) is 0 Å². The summed E-state index contributed by atoms with van der Waals surface area (Å²) in [4.78, 5) is 22.7. The minimum absolute atomic E-state index is 0.142. The molecule has 0 saturated heterocycles. The molecular weight excluding hydrogens is 272 g/mol. The lowest BCUT2D eigenvalue weighted by atomic mass is 10.0. The van der Waals surface area contributed by atoms with Crippen molar-refractivity contribution >= 4 is 12.0 Å². The summed E-state index contributed by atoms with van der Waals surface area (Å²) in [5, 5.41) is 18.6. The fourth-order valence-corrected chi connectivity index (χ4v) is 2.14. The largest absolute Gasteiger partial charge is 0.481 e. The molecule has 0 bridgehead atoms. The molecule has 0 aliphatic carbocycles. The van der Waals surface area contributed by atoms with Crippen LogP contribution in [-0.2, 0) is 24.8 Å². The lowest BCUT2D eigenvalue weighted by molar-refractivity contribution is -0.141. The number of rotatable bonds is 8. The van der Waals surface area contributed by atoms with Crippen molar-refractivity contribution in [2.75, 3.05) is 6.54 Å². The van der Waals surface area contributed by atoms with E-state index in [0.717, 1.165) is 24.1 Å². The summed E-state index contributed by atoms with van der Waals surface area (Å²) in [6.45, 7) is 4.45. The molecule has 1 heterocycles. The van der Waals surface area contributed by atoms with E-state index in [0.29, 0.717) is 13.0 Å². The van der Waals surface area contributed by atoms with E-state index >= 15 is 0 Å². The predicted molar refractivity (Wildman–Crippen MR) is 78.9 cm³/mol. The Bertz CT molecular complexity index is 485. The summed E-state index contributed by atoms with van der Waals surface area (Å²) in [6.07, 6.45) is 4.00. The number of carbonyl (C=O) groups excluding carboxylic acids is 1. The van der Waals surface area contributed by atoms with Gasteiger partial charge in [-0.25, -0.2) is 4.79 Å². The van der Waals surface area contributed by atoms with Gasteiger partial charge in [-0.3, -0.25) is 9.48 Å². The van der Waals surface area contributed by atoms with Crippen LogP contribution in [0.2, 0.25) is 0 Å². The maximum atomic E-state index is 11.7. The summed E-state index contributed by atoms with van der Waals surface area (Å²) in [6, 6.07) is -0.358. The molecule has 0 aliphatic heterocycles. The van der Waals surface area contributed by atoms with Gasteiger partial charge in [0.05, 0.1) is 11.6 Å². The molecule has 0 saturated carbocycles. The second-order valence-corrected chi connectivity index (χ2v) is 5.02. The van der Waals surface area contributed by atoms with Gasteiger partial charge in [0.15, 0.2) is 0 Å². The SMILES string of the molecule is CCCC(CNC(=O)NCc1cn(C)nc1CC)C(=O)O. The Morgan fingerprint density at radius 1 is 1.38 bits per heavy atom. The molecule has 0 aliphatic rings. The van der Waals surface area contributed by atoms with Crippen LogP contribution in [0.25, 0.3) is 0 Å². The molecule has 3 N–H and O–H groups in total. The second-order valence-electron chi connectivity index (χ2n) is 5.02. The third kappa shape index (κ3) is 5.45. The van der Waals surface area contributed by atoms with Crippen molar-refractivity contribution in [3.8, 4) is 0 Å². The lowest BCUT2D eigenvalue weighted by Gasteiger charge is -2.13. The lowest BCUT2D eigenvalue weighted by Crippen LogP contribution is -2.39. The zero-order valence-electron chi connectivity index (χ0n) is 12.8. The van der Waals surface area contributed by atoms with Gasteiger partial charge in [-0.2, -0.15) is 5.10 Å². The highest BCUT2D eigenvalue weighted by Gasteiger charge is 2.17. The zero-order chi connectivity index (χ0) is 15.8. The molecule has 1 rings (SSSR count). The average molecular weight is 296 g/mol. The van der Waals surface area contributed by atoms with Crippen molar-refractivity contribution in [3.05, 3.63) is 17.5 Å². The molecule has 0 radical (unpaired) electrons. The van der Waals surface area contributed by atoms with E-state index in [1.807, 2.05) is 27.1 Å². The first-order valence-electron chi connectivity index (χ1n) is 7.23. The van der Waals surface area contributed by atoms with Gasteiger partial charge in [0.1, 0.15) is 0 Å².